The van der Waals surface area contributed by atoms with Crippen LogP contribution in [-0.2, 0) is 0 Å². The minimum absolute atomic E-state index is 0.170. The predicted molar refractivity (Wildman–Crippen MR) is 88.6 cm³/mol. The molecule has 0 bridgehead atoms. The van der Waals surface area contributed by atoms with Crippen LogP contribution in [0, 0.1) is 20.8 Å². The van der Waals surface area contributed by atoms with E-state index in [4.69, 9.17) is 0 Å². The summed E-state index contributed by atoms with van der Waals surface area (Å²) in [5.74, 6) is 1.03. The second kappa shape index (κ2) is 7.02. The van der Waals surface area contributed by atoms with Gasteiger partial charge in [-0.3, -0.25) is 4.79 Å². The number of carbonyl (C=O) groups is 1. The van der Waals surface area contributed by atoms with Gasteiger partial charge in [0.15, 0.2) is 0 Å². The van der Waals surface area contributed by atoms with Crippen LogP contribution in [0.25, 0.3) is 0 Å². The first-order valence-corrected chi connectivity index (χ1v) is 7.48. The van der Waals surface area contributed by atoms with Crippen LogP contribution in [0.15, 0.2) is 24.3 Å². The number of aryl methyl sites for hydroxylation is 3. The summed E-state index contributed by atoms with van der Waals surface area (Å²) < 4.78 is 0. The number of para-hydroxylation sites is 1. The van der Waals surface area contributed by atoms with Crippen molar-refractivity contribution in [3.8, 4) is 0 Å². The van der Waals surface area contributed by atoms with Crippen molar-refractivity contribution < 1.29 is 4.79 Å². The van der Waals surface area contributed by atoms with Crippen molar-refractivity contribution in [1.29, 1.82) is 0 Å². The quantitative estimate of drug-likeness (QED) is 0.889. The Morgan fingerprint density at radius 1 is 1.14 bits per heavy atom. The number of anilines is 2. The number of benzene rings is 1. The molecule has 0 atom stereocenters. The monoisotopic (exact) mass is 298 g/mol. The van der Waals surface area contributed by atoms with Crippen molar-refractivity contribution in [3.63, 3.8) is 0 Å². The van der Waals surface area contributed by atoms with Gasteiger partial charge in [-0.05, 0) is 38.3 Å². The molecule has 1 aromatic heterocycles. The van der Waals surface area contributed by atoms with Crippen molar-refractivity contribution >= 4 is 17.4 Å². The number of hydrogen-bond acceptors (Lipinski definition) is 4. The van der Waals surface area contributed by atoms with Gasteiger partial charge in [0.25, 0.3) is 5.91 Å². The number of nitrogens with zero attached hydrogens (tertiary/aromatic N) is 2. The highest BCUT2D eigenvalue weighted by molar-refractivity contribution is 5.93. The first-order chi connectivity index (χ1) is 10.5. The molecule has 1 aromatic carbocycles. The predicted octanol–water partition coefficient (Wildman–Crippen LogP) is 3.29. The molecule has 0 unspecified atom stereocenters. The summed E-state index contributed by atoms with van der Waals surface area (Å²) in [5, 5.41) is 6.13. The molecule has 0 saturated heterocycles. The second-order valence-electron chi connectivity index (χ2n) is 5.33. The Hall–Kier alpha value is -2.43. The summed E-state index contributed by atoms with van der Waals surface area (Å²) in [6.45, 7) is 8.52. The third kappa shape index (κ3) is 3.81. The lowest BCUT2D eigenvalue weighted by molar-refractivity contribution is 0.0948. The summed E-state index contributed by atoms with van der Waals surface area (Å²) in [6, 6.07) is 7.78. The molecule has 0 radical (unpaired) electrons. The molecule has 0 spiro atoms. The SMILES string of the molecule is CCCNC(=O)c1cc(Nc2c(C)cccc2C)nc(C)n1. The van der Waals surface area contributed by atoms with Gasteiger partial charge >= 0.3 is 0 Å². The number of amides is 1. The molecule has 0 aliphatic rings. The lowest BCUT2D eigenvalue weighted by Gasteiger charge is -2.13. The maximum atomic E-state index is 12.1. The summed E-state index contributed by atoms with van der Waals surface area (Å²) in [4.78, 5) is 20.6. The Kier molecular flexibility index (Phi) is 5.09. The lowest BCUT2D eigenvalue weighted by atomic mass is 10.1. The lowest BCUT2D eigenvalue weighted by Crippen LogP contribution is -2.25. The fourth-order valence-corrected chi connectivity index (χ4v) is 2.22. The molecule has 5 heteroatoms. The first kappa shape index (κ1) is 15.9. The molecule has 5 nitrogen and oxygen atoms in total. The highest BCUT2D eigenvalue weighted by Gasteiger charge is 2.11. The summed E-state index contributed by atoms with van der Waals surface area (Å²) >= 11 is 0. The van der Waals surface area contributed by atoms with Gasteiger partial charge in [0.05, 0.1) is 0 Å². The van der Waals surface area contributed by atoms with Crippen LogP contribution < -0.4 is 10.6 Å². The van der Waals surface area contributed by atoms with Gasteiger partial charge in [-0.25, -0.2) is 9.97 Å². The van der Waals surface area contributed by atoms with Crippen LogP contribution in [0.4, 0.5) is 11.5 Å². The average Bonchev–Trinajstić information content (AvgIpc) is 2.48. The largest absolute Gasteiger partial charge is 0.351 e. The van der Waals surface area contributed by atoms with Crippen molar-refractivity contribution in [3.05, 3.63) is 46.9 Å². The topological polar surface area (TPSA) is 66.9 Å². The van der Waals surface area contributed by atoms with E-state index in [1.54, 1.807) is 13.0 Å². The van der Waals surface area contributed by atoms with E-state index in [0.717, 1.165) is 23.2 Å². The van der Waals surface area contributed by atoms with Gasteiger partial charge in [0, 0.05) is 18.3 Å². The maximum Gasteiger partial charge on any atom is 0.270 e. The summed E-state index contributed by atoms with van der Waals surface area (Å²) in [6.07, 6.45) is 0.892. The molecular weight excluding hydrogens is 276 g/mol. The van der Waals surface area contributed by atoms with Gasteiger partial charge in [0.2, 0.25) is 0 Å². The standard InChI is InChI=1S/C17H22N4O/c1-5-9-18-17(22)14-10-15(20-13(4)19-14)21-16-11(2)7-6-8-12(16)3/h6-8,10H,5,9H2,1-4H3,(H,18,22)(H,19,20,21). The van der Waals surface area contributed by atoms with Crippen LogP contribution in [0.3, 0.4) is 0 Å². The van der Waals surface area contributed by atoms with Crippen molar-refractivity contribution in [2.45, 2.75) is 34.1 Å². The number of hydrogen-bond donors (Lipinski definition) is 2. The van der Waals surface area contributed by atoms with Crippen LogP contribution in [0.5, 0.6) is 0 Å². The van der Waals surface area contributed by atoms with Crippen LogP contribution in [-0.4, -0.2) is 22.4 Å². The molecule has 2 aromatic rings. The molecule has 116 valence electrons. The minimum Gasteiger partial charge on any atom is -0.351 e. The van der Waals surface area contributed by atoms with Crippen LogP contribution >= 0.6 is 0 Å². The molecule has 1 amide bonds. The molecule has 1 heterocycles. The number of nitrogens with one attached hydrogen (secondary N) is 2. The van der Waals surface area contributed by atoms with Crippen molar-refractivity contribution in [2.75, 3.05) is 11.9 Å². The molecule has 0 aliphatic carbocycles. The molecular formula is C17H22N4O. The van der Waals surface area contributed by atoms with E-state index in [2.05, 4.69) is 20.6 Å². The highest BCUT2D eigenvalue weighted by Crippen LogP contribution is 2.23. The van der Waals surface area contributed by atoms with Crippen LogP contribution in [0.2, 0.25) is 0 Å². The zero-order chi connectivity index (χ0) is 16.1. The fourth-order valence-electron chi connectivity index (χ4n) is 2.22. The molecule has 2 rings (SSSR count). The van der Waals surface area contributed by atoms with E-state index in [-0.39, 0.29) is 5.91 Å². The molecule has 22 heavy (non-hydrogen) atoms. The molecule has 0 aliphatic heterocycles. The Balaban J connectivity index is 2.28. The third-order valence-electron chi connectivity index (χ3n) is 3.34. The molecule has 0 saturated carbocycles. The van der Waals surface area contributed by atoms with Gasteiger partial charge in [-0.15, -0.1) is 0 Å². The summed E-state index contributed by atoms with van der Waals surface area (Å²) in [7, 11) is 0. The van der Waals surface area contributed by atoms with Gasteiger partial charge in [-0.2, -0.15) is 0 Å². The van der Waals surface area contributed by atoms with Gasteiger partial charge in [-0.1, -0.05) is 25.1 Å². The smallest absolute Gasteiger partial charge is 0.270 e. The third-order valence-corrected chi connectivity index (χ3v) is 3.34. The zero-order valence-corrected chi connectivity index (χ0v) is 13.5. The number of rotatable bonds is 5. The van der Waals surface area contributed by atoms with E-state index in [1.165, 1.54) is 0 Å². The highest BCUT2D eigenvalue weighted by atomic mass is 16.1. The Morgan fingerprint density at radius 3 is 2.45 bits per heavy atom. The Bertz CT molecular complexity index is 662. The van der Waals surface area contributed by atoms with Gasteiger partial charge < -0.3 is 10.6 Å². The van der Waals surface area contributed by atoms with Crippen LogP contribution in [0.1, 0.15) is 40.8 Å². The Morgan fingerprint density at radius 2 is 1.82 bits per heavy atom. The van der Waals surface area contributed by atoms with E-state index in [9.17, 15) is 4.79 Å². The molecule has 0 fully saturated rings. The zero-order valence-electron chi connectivity index (χ0n) is 13.5. The Labute approximate surface area is 131 Å². The van der Waals surface area contributed by atoms with E-state index in [1.807, 2.05) is 39.0 Å². The maximum absolute atomic E-state index is 12.1. The number of carbonyl (C=O) groups excluding carboxylic acids is 1. The minimum atomic E-state index is -0.170. The first-order valence-electron chi connectivity index (χ1n) is 7.48. The van der Waals surface area contributed by atoms with Gasteiger partial charge in [0.1, 0.15) is 17.3 Å². The number of aromatic nitrogens is 2. The fraction of sp³-hybridized carbons (Fsp3) is 0.353. The normalized spacial score (nSPS) is 10.4. The average molecular weight is 298 g/mol. The summed E-state index contributed by atoms with van der Waals surface area (Å²) in [5.41, 5.74) is 3.66. The van der Waals surface area contributed by atoms with Crippen molar-refractivity contribution in [2.24, 2.45) is 0 Å². The van der Waals surface area contributed by atoms with Crippen molar-refractivity contribution in [1.82, 2.24) is 15.3 Å². The molecule has 2 N–H and O–H groups in total. The second-order valence-corrected chi connectivity index (χ2v) is 5.33. The van der Waals surface area contributed by atoms with E-state index in [0.29, 0.717) is 23.9 Å². The van der Waals surface area contributed by atoms with E-state index >= 15 is 0 Å². The van der Waals surface area contributed by atoms with E-state index < -0.39 is 0 Å².